The SMILES string of the molecule is COC(=O)[C@H]1O[C@@H](Oc2ccc(OC[C@@H](O)CNC(C)C)c3ccccc23)[C@H](O)[C@@H](O)[C@@H]1O. The molecule has 0 saturated carbocycles. The molecule has 0 aliphatic carbocycles. The predicted octanol–water partition coefficient (Wildman–Crippen LogP) is -0.0631. The molecule has 0 bridgehead atoms. The quantitative estimate of drug-likeness (QED) is 0.319. The number of carbonyl (C=O) groups is 1. The van der Waals surface area contributed by atoms with E-state index in [1.165, 1.54) is 0 Å². The molecule has 0 spiro atoms. The van der Waals surface area contributed by atoms with Gasteiger partial charge in [-0.15, -0.1) is 0 Å². The van der Waals surface area contributed by atoms with Crippen molar-refractivity contribution in [2.45, 2.75) is 56.7 Å². The van der Waals surface area contributed by atoms with E-state index in [1.807, 2.05) is 26.0 Å². The van der Waals surface area contributed by atoms with Gasteiger partial charge in [-0.3, -0.25) is 0 Å². The first kappa shape index (κ1) is 25.2. The van der Waals surface area contributed by atoms with Crippen LogP contribution in [0.15, 0.2) is 36.4 Å². The molecule has 1 saturated heterocycles. The van der Waals surface area contributed by atoms with E-state index < -0.39 is 42.8 Å². The van der Waals surface area contributed by atoms with E-state index in [0.29, 0.717) is 28.8 Å². The highest BCUT2D eigenvalue weighted by Gasteiger charge is 2.48. The smallest absolute Gasteiger partial charge is 0.337 e. The number of methoxy groups -OCH3 is 1. The lowest BCUT2D eigenvalue weighted by Crippen LogP contribution is -2.61. The Labute approximate surface area is 191 Å². The summed E-state index contributed by atoms with van der Waals surface area (Å²) in [5, 5.41) is 45.1. The van der Waals surface area contributed by atoms with E-state index in [9.17, 15) is 25.2 Å². The zero-order valence-corrected chi connectivity index (χ0v) is 18.7. The normalized spacial score (nSPS) is 26.2. The largest absolute Gasteiger partial charge is 0.490 e. The van der Waals surface area contributed by atoms with Gasteiger partial charge >= 0.3 is 5.97 Å². The molecule has 0 aromatic heterocycles. The van der Waals surface area contributed by atoms with Gasteiger partial charge in [0.25, 0.3) is 0 Å². The van der Waals surface area contributed by atoms with Crippen molar-refractivity contribution in [1.82, 2.24) is 5.32 Å². The molecule has 5 N–H and O–H groups in total. The molecular weight excluding hydrogens is 434 g/mol. The Kier molecular flexibility index (Phi) is 8.46. The maximum Gasteiger partial charge on any atom is 0.337 e. The second-order valence-corrected chi connectivity index (χ2v) is 8.17. The summed E-state index contributed by atoms with van der Waals surface area (Å²) >= 11 is 0. The highest BCUT2D eigenvalue weighted by atomic mass is 16.7. The average Bonchev–Trinajstić information content (AvgIpc) is 2.81. The summed E-state index contributed by atoms with van der Waals surface area (Å²) in [6.07, 6.45) is -8.62. The van der Waals surface area contributed by atoms with Crippen LogP contribution in [0.3, 0.4) is 0 Å². The lowest BCUT2D eigenvalue weighted by Gasteiger charge is -2.39. The summed E-state index contributed by atoms with van der Waals surface area (Å²) in [5.74, 6) is -0.0769. The molecule has 33 heavy (non-hydrogen) atoms. The number of ether oxygens (including phenoxy) is 4. The van der Waals surface area contributed by atoms with Crippen LogP contribution in [0.5, 0.6) is 11.5 Å². The van der Waals surface area contributed by atoms with Gasteiger partial charge in [-0.25, -0.2) is 4.79 Å². The minimum atomic E-state index is -1.68. The monoisotopic (exact) mass is 465 g/mol. The fraction of sp³-hybridized carbons (Fsp3) is 0.522. The molecule has 10 nitrogen and oxygen atoms in total. The average molecular weight is 465 g/mol. The number of nitrogens with one attached hydrogen (secondary N) is 1. The maximum atomic E-state index is 11.9. The van der Waals surface area contributed by atoms with E-state index in [0.717, 1.165) is 7.11 Å². The number of hydrogen-bond donors (Lipinski definition) is 5. The second kappa shape index (κ2) is 11.1. The summed E-state index contributed by atoms with van der Waals surface area (Å²) in [6.45, 7) is 4.45. The summed E-state index contributed by atoms with van der Waals surface area (Å²) in [7, 11) is 1.12. The van der Waals surface area contributed by atoms with Gasteiger partial charge in [-0.1, -0.05) is 38.1 Å². The number of aliphatic hydroxyl groups is 4. The van der Waals surface area contributed by atoms with E-state index in [-0.39, 0.29) is 12.6 Å². The van der Waals surface area contributed by atoms with Gasteiger partial charge in [0, 0.05) is 23.4 Å². The first-order valence-corrected chi connectivity index (χ1v) is 10.7. The van der Waals surface area contributed by atoms with Gasteiger partial charge in [0.1, 0.15) is 42.5 Å². The number of esters is 1. The third-order valence-corrected chi connectivity index (χ3v) is 5.28. The molecular formula is C23H31NO9. The number of fused-ring (bicyclic) bond motifs is 1. The van der Waals surface area contributed by atoms with Crippen molar-refractivity contribution in [3.05, 3.63) is 36.4 Å². The van der Waals surface area contributed by atoms with Crippen molar-refractivity contribution in [2.75, 3.05) is 20.3 Å². The number of aliphatic hydroxyl groups excluding tert-OH is 4. The Bertz CT molecular complexity index is 937. The maximum absolute atomic E-state index is 11.9. The third-order valence-electron chi connectivity index (χ3n) is 5.28. The molecule has 3 rings (SSSR count). The van der Waals surface area contributed by atoms with Crippen LogP contribution < -0.4 is 14.8 Å². The standard InChI is InChI=1S/C23H31NO9/c1-12(2)24-10-13(25)11-31-16-8-9-17(15-7-5-4-6-14(15)16)32-23-20(28)18(26)19(27)21(33-23)22(29)30-3/h4-9,12-13,18-21,23-28H,10-11H2,1-3H3/t13-,18-,19-,20+,21-,23+/m0/s1. The Morgan fingerprint density at radius 3 is 2.30 bits per heavy atom. The first-order valence-electron chi connectivity index (χ1n) is 10.7. The molecule has 0 amide bonds. The molecule has 182 valence electrons. The van der Waals surface area contributed by atoms with Crippen molar-refractivity contribution in [3.63, 3.8) is 0 Å². The van der Waals surface area contributed by atoms with Gasteiger partial charge in [-0.2, -0.15) is 0 Å². The molecule has 1 aliphatic rings. The Balaban J connectivity index is 1.79. The molecule has 0 unspecified atom stereocenters. The first-order chi connectivity index (χ1) is 15.7. The van der Waals surface area contributed by atoms with Crippen LogP contribution >= 0.6 is 0 Å². The summed E-state index contributed by atoms with van der Waals surface area (Å²) in [4.78, 5) is 11.9. The van der Waals surface area contributed by atoms with Crippen molar-refractivity contribution in [3.8, 4) is 11.5 Å². The van der Waals surface area contributed by atoms with Gasteiger partial charge in [-0.05, 0) is 12.1 Å². The zero-order valence-electron chi connectivity index (χ0n) is 18.7. The van der Waals surface area contributed by atoms with E-state index in [4.69, 9.17) is 14.2 Å². The van der Waals surface area contributed by atoms with Crippen LogP contribution in [0.4, 0.5) is 0 Å². The summed E-state index contributed by atoms with van der Waals surface area (Å²) in [5.41, 5.74) is 0. The lowest BCUT2D eigenvalue weighted by atomic mass is 9.99. The van der Waals surface area contributed by atoms with Crippen LogP contribution in [-0.4, -0.2) is 89.5 Å². The Morgan fingerprint density at radius 1 is 1.03 bits per heavy atom. The van der Waals surface area contributed by atoms with E-state index in [1.54, 1.807) is 24.3 Å². The number of rotatable bonds is 9. The third kappa shape index (κ3) is 5.91. The minimum absolute atomic E-state index is 0.0826. The highest BCUT2D eigenvalue weighted by Crippen LogP contribution is 2.35. The van der Waals surface area contributed by atoms with Crippen molar-refractivity contribution < 1.29 is 44.2 Å². The van der Waals surface area contributed by atoms with Crippen LogP contribution in [-0.2, 0) is 14.3 Å². The summed E-state index contributed by atoms with van der Waals surface area (Å²) < 4.78 is 21.6. The molecule has 0 radical (unpaired) electrons. The van der Waals surface area contributed by atoms with Crippen LogP contribution in [0.25, 0.3) is 10.8 Å². The molecule has 2 aromatic rings. The molecule has 1 fully saturated rings. The summed E-state index contributed by atoms with van der Waals surface area (Å²) in [6, 6.07) is 10.7. The van der Waals surface area contributed by atoms with Gasteiger partial charge in [0.05, 0.1) is 7.11 Å². The Hall–Kier alpha value is -2.47. The van der Waals surface area contributed by atoms with Crippen LogP contribution in [0.2, 0.25) is 0 Å². The molecule has 1 heterocycles. The second-order valence-electron chi connectivity index (χ2n) is 8.17. The zero-order chi connectivity index (χ0) is 24.1. The van der Waals surface area contributed by atoms with E-state index in [2.05, 4.69) is 10.1 Å². The lowest BCUT2D eigenvalue weighted by molar-refractivity contribution is -0.271. The van der Waals surface area contributed by atoms with Gasteiger partial charge < -0.3 is 44.7 Å². The van der Waals surface area contributed by atoms with Crippen LogP contribution in [0.1, 0.15) is 13.8 Å². The van der Waals surface area contributed by atoms with Crippen molar-refractivity contribution in [1.29, 1.82) is 0 Å². The molecule has 1 aliphatic heterocycles. The van der Waals surface area contributed by atoms with Crippen molar-refractivity contribution >= 4 is 16.7 Å². The Morgan fingerprint density at radius 2 is 1.67 bits per heavy atom. The van der Waals surface area contributed by atoms with E-state index >= 15 is 0 Å². The van der Waals surface area contributed by atoms with Gasteiger partial charge in [0.2, 0.25) is 6.29 Å². The highest BCUT2D eigenvalue weighted by molar-refractivity contribution is 5.93. The molecule has 2 aromatic carbocycles. The fourth-order valence-corrected chi connectivity index (χ4v) is 3.47. The molecule has 10 heteroatoms. The topological polar surface area (TPSA) is 147 Å². The minimum Gasteiger partial charge on any atom is -0.490 e. The van der Waals surface area contributed by atoms with Crippen molar-refractivity contribution in [2.24, 2.45) is 0 Å². The molecule has 6 atom stereocenters. The number of hydrogen-bond acceptors (Lipinski definition) is 10. The van der Waals surface area contributed by atoms with Crippen LogP contribution in [0, 0.1) is 0 Å². The van der Waals surface area contributed by atoms with Gasteiger partial charge in [0.15, 0.2) is 6.10 Å². The fourth-order valence-electron chi connectivity index (χ4n) is 3.47. The number of carbonyl (C=O) groups excluding carboxylic acids is 1. The number of benzene rings is 2. The predicted molar refractivity (Wildman–Crippen MR) is 118 cm³/mol.